The van der Waals surface area contributed by atoms with Crippen molar-refractivity contribution in [2.75, 3.05) is 0 Å². The van der Waals surface area contributed by atoms with Crippen molar-refractivity contribution in [3.05, 3.63) is 59.1 Å². The minimum absolute atomic E-state index is 0.135. The van der Waals surface area contributed by atoms with Gasteiger partial charge in [-0.15, -0.1) is 0 Å². The molecule has 1 heterocycles. The van der Waals surface area contributed by atoms with Gasteiger partial charge in [0.1, 0.15) is 0 Å². The lowest BCUT2D eigenvalue weighted by molar-refractivity contribution is 0.204. The van der Waals surface area contributed by atoms with Crippen LogP contribution in [0, 0.1) is 5.41 Å². The Hall–Kier alpha value is -1.54. The van der Waals surface area contributed by atoms with Crippen LogP contribution in [-0.4, -0.2) is 9.97 Å². The number of halogens is 1. The van der Waals surface area contributed by atoms with Crippen LogP contribution in [0.25, 0.3) is 6.08 Å². The maximum atomic E-state index is 6.22. The highest BCUT2D eigenvalue weighted by Crippen LogP contribution is 2.47. The lowest BCUT2D eigenvalue weighted by Gasteiger charge is -2.41. The van der Waals surface area contributed by atoms with E-state index < -0.39 is 0 Å². The van der Waals surface area contributed by atoms with Gasteiger partial charge in [0.2, 0.25) is 0 Å². The van der Waals surface area contributed by atoms with E-state index in [9.17, 15) is 0 Å². The number of H-pyrrole nitrogens is 1. The smallest absolute Gasteiger partial charge is 0.0924 e. The van der Waals surface area contributed by atoms with E-state index >= 15 is 0 Å². The fourth-order valence-corrected chi connectivity index (χ4v) is 5.23. The Balaban J connectivity index is 2.40. The molecular formula is C28H43ClN2. The zero-order chi connectivity index (χ0) is 22.6. The molecule has 1 N–H and O–H groups in total. The Morgan fingerprint density at radius 2 is 1.61 bits per heavy atom. The van der Waals surface area contributed by atoms with E-state index in [0.29, 0.717) is 0 Å². The molecule has 2 aromatic rings. The zero-order valence-corrected chi connectivity index (χ0v) is 21.0. The molecule has 2 nitrogen and oxygen atoms in total. The van der Waals surface area contributed by atoms with E-state index in [0.717, 1.165) is 10.7 Å². The van der Waals surface area contributed by atoms with Gasteiger partial charge in [0.15, 0.2) is 0 Å². The third-order valence-corrected chi connectivity index (χ3v) is 7.03. The SMILES string of the molecule is CCCCCCC(/C=C/c1cnc[nH]1)(CCCC)CC(C)(CCC)c1ccc(Cl)cc1. The minimum Gasteiger partial charge on any atom is -0.345 e. The zero-order valence-electron chi connectivity index (χ0n) is 20.2. The number of hydrogen-bond acceptors (Lipinski definition) is 1. The summed E-state index contributed by atoms with van der Waals surface area (Å²) < 4.78 is 0. The first-order valence-corrected chi connectivity index (χ1v) is 12.8. The molecule has 0 spiro atoms. The number of rotatable bonds is 15. The number of benzene rings is 1. The highest BCUT2D eigenvalue weighted by molar-refractivity contribution is 6.30. The summed E-state index contributed by atoms with van der Waals surface area (Å²) in [6.07, 6.45) is 22.3. The molecule has 2 rings (SSSR count). The molecule has 0 fully saturated rings. The molecule has 0 saturated carbocycles. The Labute approximate surface area is 195 Å². The topological polar surface area (TPSA) is 28.7 Å². The van der Waals surface area contributed by atoms with Crippen molar-refractivity contribution in [1.82, 2.24) is 9.97 Å². The molecule has 1 aromatic heterocycles. The molecule has 0 aliphatic heterocycles. The normalized spacial score (nSPS) is 15.8. The Morgan fingerprint density at radius 3 is 2.23 bits per heavy atom. The number of hydrogen-bond donors (Lipinski definition) is 1. The Bertz CT molecular complexity index is 750. The number of nitrogens with zero attached hydrogens (tertiary/aromatic N) is 1. The second kappa shape index (κ2) is 13.1. The van der Waals surface area contributed by atoms with Crippen molar-refractivity contribution in [3.8, 4) is 0 Å². The summed E-state index contributed by atoms with van der Waals surface area (Å²) in [5.74, 6) is 0. The van der Waals surface area contributed by atoms with Crippen molar-refractivity contribution in [1.29, 1.82) is 0 Å². The molecule has 2 atom stereocenters. The van der Waals surface area contributed by atoms with Crippen LogP contribution in [0.5, 0.6) is 0 Å². The quantitative estimate of drug-likeness (QED) is 0.273. The Kier molecular flexibility index (Phi) is 10.9. The molecule has 0 amide bonds. The van der Waals surface area contributed by atoms with Crippen molar-refractivity contribution >= 4 is 17.7 Å². The summed E-state index contributed by atoms with van der Waals surface area (Å²) in [5, 5.41) is 0.818. The molecule has 0 aliphatic rings. The van der Waals surface area contributed by atoms with Crippen LogP contribution in [-0.2, 0) is 5.41 Å². The monoisotopic (exact) mass is 442 g/mol. The van der Waals surface area contributed by atoms with Crippen LogP contribution in [0.1, 0.15) is 110 Å². The van der Waals surface area contributed by atoms with Gasteiger partial charge >= 0.3 is 0 Å². The van der Waals surface area contributed by atoms with Crippen LogP contribution in [0.15, 0.2) is 42.9 Å². The third-order valence-electron chi connectivity index (χ3n) is 6.78. The predicted molar refractivity (Wildman–Crippen MR) is 137 cm³/mol. The average molecular weight is 443 g/mol. The van der Waals surface area contributed by atoms with Crippen molar-refractivity contribution in [3.63, 3.8) is 0 Å². The third kappa shape index (κ3) is 8.15. The largest absolute Gasteiger partial charge is 0.345 e. The van der Waals surface area contributed by atoms with Gasteiger partial charge in [-0.1, -0.05) is 102 Å². The summed E-state index contributed by atoms with van der Waals surface area (Å²) in [5.41, 5.74) is 2.84. The van der Waals surface area contributed by atoms with E-state index in [1.807, 2.05) is 6.20 Å². The van der Waals surface area contributed by atoms with Crippen LogP contribution in [0.3, 0.4) is 0 Å². The summed E-state index contributed by atoms with van der Waals surface area (Å²) in [4.78, 5) is 7.47. The number of imidazole rings is 1. The van der Waals surface area contributed by atoms with Gasteiger partial charge in [0, 0.05) is 5.02 Å². The Morgan fingerprint density at radius 1 is 0.903 bits per heavy atom. The van der Waals surface area contributed by atoms with Crippen LogP contribution >= 0.6 is 11.6 Å². The second-order valence-corrected chi connectivity index (χ2v) is 10.0. The van der Waals surface area contributed by atoms with Crippen LogP contribution < -0.4 is 0 Å². The first-order chi connectivity index (χ1) is 15.0. The summed E-state index contributed by atoms with van der Waals surface area (Å²) in [6.45, 7) is 9.38. The van der Waals surface area contributed by atoms with Gasteiger partial charge in [0.25, 0.3) is 0 Å². The first-order valence-electron chi connectivity index (χ1n) is 12.4. The first kappa shape index (κ1) is 25.7. The van der Waals surface area contributed by atoms with Crippen molar-refractivity contribution in [2.24, 2.45) is 5.41 Å². The predicted octanol–water partition coefficient (Wildman–Crippen LogP) is 9.37. The standard InChI is InChI=1S/C28H43ClN2/c1-5-8-10-11-19-28(18-9-6-2,20-16-26-21-30-23-31-26)22-27(4,17-7-3)24-12-14-25(29)15-13-24/h12-16,20-21,23H,5-11,17-19,22H2,1-4H3,(H,30,31)/b20-16+. The highest BCUT2D eigenvalue weighted by Gasteiger charge is 2.37. The van der Waals surface area contributed by atoms with Crippen LogP contribution in [0.2, 0.25) is 5.02 Å². The number of allylic oxidation sites excluding steroid dienone is 1. The van der Waals surface area contributed by atoms with Gasteiger partial charge < -0.3 is 4.98 Å². The molecule has 0 bridgehead atoms. The van der Waals surface area contributed by atoms with E-state index in [1.54, 1.807) is 6.33 Å². The van der Waals surface area contributed by atoms with Gasteiger partial charge in [-0.3, -0.25) is 0 Å². The molecule has 0 radical (unpaired) electrons. The van der Waals surface area contributed by atoms with E-state index in [4.69, 9.17) is 11.6 Å². The fourth-order valence-electron chi connectivity index (χ4n) is 5.10. The van der Waals surface area contributed by atoms with E-state index in [-0.39, 0.29) is 10.8 Å². The molecule has 0 aliphatic carbocycles. The average Bonchev–Trinajstić information content (AvgIpc) is 3.28. The second-order valence-electron chi connectivity index (χ2n) is 9.61. The van der Waals surface area contributed by atoms with E-state index in [2.05, 4.69) is 74.1 Å². The van der Waals surface area contributed by atoms with Gasteiger partial charge in [-0.05, 0) is 60.3 Å². The molecule has 172 valence electrons. The van der Waals surface area contributed by atoms with Crippen molar-refractivity contribution in [2.45, 2.75) is 104 Å². The number of aromatic nitrogens is 2. The minimum atomic E-state index is 0.135. The molecule has 31 heavy (non-hydrogen) atoms. The van der Waals surface area contributed by atoms with Gasteiger partial charge in [0.05, 0.1) is 18.2 Å². The molecule has 0 saturated heterocycles. The van der Waals surface area contributed by atoms with Gasteiger partial charge in [-0.25, -0.2) is 4.98 Å². The highest BCUT2D eigenvalue weighted by atomic mass is 35.5. The molecule has 2 unspecified atom stereocenters. The summed E-state index contributed by atoms with van der Waals surface area (Å²) in [7, 11) is 0. The maximum Gasteiger partial charge on any atom is 0.0924 e. The maximum absolute atomic E-state index is 6.22. The van der Waals surface area contributed by atoms with Gasteiger partial charge in [-0.2, -0.15) is 0 Å². The van der Waals surface area contributed by atoms with Crippen LogP contribution in [0.4, 0.5) is 0 Å². The summed E-state index contributed by atoms with van der Waals surface area (Å²) in [6, 6.07) is 8.61. The molecular weight excluding hydrogens is 400 g/mol. The number of unbranched alkanes of at least 4 members (excludes halogenated alkanes) is 4. The van der Waals surface area contributed by atoms with Crippen molar-refractivity contribution < 1.29 is 0 Å². The number of aromatic amines is 1. The number of nitrogens with one attached hydrogen (secondary N) is 1. The lowest BCUT2D eigenvalue weighted by Crippen LogP contribution is -2.32. The lowest BCUT2D eigenvalue weighted by atomic mass is 9.63. The summed E-state index contributed by atoms with van der Waals surface area (Å²) >= 11 is 6.22. The van der Waals surface area contributed by atoms with E-state index in [1.165, 1.54) is 76.2 Å². The molecule has 3 heteroatoms. The fraction of sp³-hybridized carbons (Fsp3) is 0.607. The molecule has 1 aromatic carbocycles.